The lowest BCUT2D eigenvalue weighted by Crippen LogP contribution is -2.41. The number of thioether (sulfide) groups is 1. The summed E-state index contributed by atoms with van der Waals surface area (Å²) in [6.07, 6.45) is 0. The third-order valence-corrected chi connectivity index (χ3v) is 3.09. The SMILES string of the molecule is CC(=O)NNC(=O)CSc1cccc(C)c1N. The van der Waals surface area contributed by atoms with Crippen LogP contribution in [-0.4, -0.2) is 17.6 Å². The second-order valence-corrected chi connectivity index (χ2v) is 4.52. The summed E-state index contributed by atoms with van der Waals surface area (Å²) in [4.78, 5) is 22.8. The normalized spacial score (nSPS) is 9.76. The molecule has 0 aliphatic rings. The lowest BCUT2D eigenvalue weighted by atomic mass is 10.2. The minimum atomic E-state index is -0.307. The van der Waals surface area contributed by atoms with Crippen molar-refractivity contribution in [3.8, 4) is 0 Å². The molecule has 92 valence electrons. The molecule has 0 unspecified atom stereocenters. The Labute approximate surface area is 104 Å². The smallest absolute Gasteiger partial charge is 0.248 e. The number of rotatable bonds is 3. The minimum Gasteiger partial charge on any atom is -0.398 e. The number of para-hydroxylation sites is 1. The van der Waals surface area contributed by atoms with Crippen LogP contribution in [0.5, 0.6) is 0 Å². The van der Waals surface area contributed by atoms with Crippen molar-refractivity contribution >= 4 is 29.3 Å². The van der Waals surface area contributed by atoms with E-state index in [1.807, 2.05) is 25.1 Å². The van der Waals surface area contributed by atoms with E-state index in [0.29, 0.717) is 5.69 Å². The quantitative estimate of drug-likeness (QED) is 0.423. The molecule has 0 saturated carbocycles. The molecule has 1 aromatic carbocycles. The number of nitrogens with two attached hydrogens (primary N) is 1. The molecule has 4 N–H and O–H groups in total. The van der Waals surface area contributed by atoms with Gasteiger partial charge in [0.2, 0.25) is 11.8 Å². The summed E-state index contributed by atoms with van der Waals surface area (Å²) >= 11 is 1.33. The Morgan fingerprint density at radius 3 is 2.71 bits per heavy atom. The predicted molar refractivity (Wildman–Crippen MR) is 68.3 cm³/mol. The highest BCUT2D eigenvalue weighted by molar-refractivity contribution is 8.00. The molecular formula is C11H15N3O2S. The van der Waals surface area contributed by atoms with Crippen molar-refractivity contribution < 1.29 is 9.59 Å². The first-order chi connectivity index (χ1) is 8.00. The fraction of sp³-hybridized carbons (Fsp3) is 0.273. The zero-order valence-electron chi connectivity index (χ0n) is 9.74. The van der Waals surface area contributed by atoms with Crippen molar-refractivity contribution in [1.29, 1.82) is 0 Å². The maximum absolute atomic E-state index is 11.3. The van der Waals surface area contributed by atoms with Crippen molar-refractivity contribution in [3.05, 3.63) is 23.8 Å². The van der Waals surface area contributed by atoms with Gasteiger partial charge >= 0.3 is 0 Å². The zero-order valence-corrected chi connectivity index (χ0v) is 10.6. The topological polar surface area (TPSA) is 84.2 Å². The maximum Gasteiger partial charge on any atom is 0.248 e. The summed E-state index contributed by atoms with van der Waals surface area (Å²) in [6, 6.07) is 5.66. The van der Waals surface area contributed by atoms with E-state index < -0.39 is 0 Å². The van der Waals surface area contributed by atoms with Crippen molar-refractivity contribution in [1.82, 2.24) is 10.9 Å². The first-order valence-electron chi connectivity index (χ1n) is 5.04. The molecule has 17 heavy (non-hydrogen) atoms. The number of aryl methyl sites for hydroxylation is 1. The second kappa shape index (κ2) is 6.15. The summed E-state index contributed by atoms with van der Waals surface area (Å²) < 4.78 is 0. The van der Waals surface area contributed by atoms with E-state index >= 15 is 0 Å². The lowest BCUT2D eigenvalue weighted by Gasteiger charge is -2.08. The molecule has 1 rings (SSSR count). The molecule has 0 spiro atoms. The monoisotopic (exact) mass is 253 g/mol. The van der Waals surface area contributed by atoms with Crippen molar-refractivity contribution in [2.75, 3.05) is 11.5 Å². The molecule has 0 aromatic heterocycles. The van der Waals surface area contributed by atoms with Crippen LogP contribution in [0.15, 0.2) is 23.1 Å². The first-order valence-corrected chi connectivity index (χ1v) is 6.02. The Morgan fingerprint density at radius 2 is 2.06 bits per heavy atom. The number of hydrogen-bond donors (Lipinski definition) is 3. The molecule has 2 amide bonds. The summed E-state index contributed by atoms with van der Waals surface area (Å²) in [5.74, 6) is -0.377. The van der Waals surface area contributed by atoms with Crippen LogP contribution in [0.4, 0.5) is 5.69 Å². The van der Waals surface area contributed by atoms with Crippen LogP contribution >= 0.6 is 11.8 Å². The summed E-state index contributed by atoms with van der Waals surface area (Å²) in [6.45, 7) is 3.24. The van der Waals surface area contributed by atoms with E-state index in [4.69, 9.17) is 5.73 Å². The van der Waals surface area contributed by atoms with Crippen LogP contribution in [0.2, 0.25) is 0 Å². The highest BCUT2D eigenvalue weighted by Crippen LogP contribution is 2.26. The highest BCUT2D eigenvalue weighted by atomic mass is 32.2. The molecular weight excluding hydrogens is 238 g/mol. The number of hydrazine groups is 1. The number of amides is 2. The van der Waals surface area contributed by atoms with Crippen LogP contribution < -0.4 is 16.6 Å². The van der Waals surface area contributed by atoms with Gasteiger partial charge in [0.15, 0.2) is 0 Å². The van der Waals surface area contributed by atoms with E-state index in [-0.39, 0.29) is 17.6 Å². The van der Waals surface area contributed by atoms with E-state index in [9.17, 15) is 9.59 Å². The number of carbonyl (C=O) groups excluding carboxylic acids is 2. The number of anilines is 1. The van der Waals surface area contributed by atoms with E-state index in [1.54, 1.807) is 0 Å². The zero-order chi connectivity index (χ0) is 12.8. The van der Waals surface area contributed by atoms with E-state index in [1.165, 1.54) is 18.7 Å². The molecule has 0 fully saturated rings. The van der Waals surface area contributed by atoms with Crippen LogP contribution in [0.3, 0.4) is 0 Å². The average molecular weight is 253 g/mol. The maximum atomic E-state index is 11.3. The average Bonchev–Trinajstić information content (AvgIpc) is 2.28. The van der Waals surface area contributed by atoms with Gasteiger partial charge in [0.25, 0.3) is 0 Å². The Bertz CT molecular complexity index is 435. The van der Waals surface area contributed by atoms with Crippen LogP contribution in [0.1, 0.15) is 12.5 Å². The number of nitrogen functional groups attached to an aromatic ring is 1. The van der Waals surface area contributed by atoms with E-state index in [0.717, 1.165) is 10.5 Å². The van der Waals surface area contributed by atoms with Crippen molar-refractivity contribution in [2.24, 2.45) is 0 Å². The molecule has 0 radical (unpaired) electrons. The fourth-order valence-electron chi connectivity index (χ4n) is 1.12. The third-order valence-electron chi connectivity index (χ3n) is 2.02. The molecule has 0 bridgehead atoms. The summed E-state index contributed by atoms with van der Waals surface area (Å²) in [5.41, 5.74) is 12.0. The Balaban J connectivity index is 2.47. The van der Waals surface area contributed by atoms with Crippen LogP contribution in [0, 0.1) is 6.92 Å². The van der Waals surface area contributed by atoms with Crippen molar-refractivity contribution in [3.63, 3.8) is 0 Å². The number of benzene rings is 1. The predicted octanol–water partition coefficient (Wildman–Crippen LogP) is 0.837. The Hall–Kier alpha value is -1.69. The Kier molecular flexibility index (Phi) is 4.84. The molecule has 0 saturated heterocycles. The van der Waals surface area contributed by atoms with Crippen LogP contribution in [-0.2, 0) is 9.59 Å². The molecule has 5 nitrogen and oxygen atoms in total. The van der Waals surface area contributed by atoms with Gasteiger partial charge in [-0.3, -0.25) is 20.4 Å². The largest absolute Gasteiger partial charge is 0.398 e. The lowest BCUT2D eigenvalue weighted by molar-refractivity contribution is -0.126. The molecule has 1 aromatic rings. The third kappa shape index (κ3) is 4.36. The van der Waals surface area contributed by atoms with E-state index in [2.05, 4.69) is 10.9 Å². The van der Waals surface area contributed by atoms with Gasteiger partial charge in [0.05, 0.1) is 5.75 Å². The first kappa shape index (κ1) is 13.4. The van der Waals surface area contributed by atoms with Crippen LogP contribution in [0.25, 0.3) is 0 Å². The fourth-order valence-corrected chi connectivity index (χ4v) is 1.97. The molecule has 0 aliphatic heterocycles. The number of carbonyl (C=O) groups is 2. The summed E-state index contributed by atoms with van der Waals surface area (Å²) in [5, 5.41) is 0. The number of hydrogen-bond acceptors (Lipinski definition) is 4. The van der Waals surface area contributed by atoms with Gasteiger partial charge < -0.3 is 5.73 Å². The van der Waals surface area contributed by atoms with Gasteiger partial charge in [0.1, 0.15) is 0 Å². The molecule has 0 heterocycles. The van der Waals surface area contributed by atoms with Gasteiger partial charge in [-0.25, -0.2) is 0 Å². The molecule has 6 heteroatoms. The van der Waals surface area contributed by atoms with Gasteiger partial charge in [-0.15, -0.1) is 11.8 Å². The van der Waals surface area contributed by atoms with Gasteiger partial charge in [-0.1, -0.05) is 12.1 Å². The summed E-state index contributed by atoms with van der Waals surface area (Å²) in [7, 11) is 0. The van der Waals surface area contributed by atoms with Gasteiger partial charge in [0, 0.05) is 17.5 Å². The minimum absolute atomic E-state index is 0.202. The van der Waals surface area contributed by atoms with Crippen molar-refractivity contribution in [2.45, 2.75) is 18.7 Å². The second-order valence-electron chi connectivity index (χ2n) is 3.50. The Morgan fingerprint density at radius 1 is 1.35 bits per heavy atom. The number of nitrogens with one attached hydrogen (secondary N) is 2. The highest BCUT2D eigenvalue weighted by Gasteiger charge is 2.06. The molecule has 0 atom stereocenters. The standard InChI is InChI=1S/C11H15N3O2S/c1-7-4-3-5-9(11(7)12)17-6-10(16)14-13-8(2)15/h3-5H,6,12H2,1-2H3,(H,13,15)(H,14,16). The van der Waals surface area contributed by atoms with Gasteiger partial charge in [-0.2, -0.15) is 0 Å². The van der Waals surface area contributed by atoms with Gasteiger partial charge in [-0.05, 0) is 18.6 Å². The molecule has 0 aliphatic carbocycles.